The molecular formula is C14H18BrN3OS. The number of thiazole rings is 1. The second-order valence-electron chi connectivity index (χ2n) is 6.23. The molecular weight excluding hydrogens is 338 g/mol. The third kappa shape index (κ3) is 2.17. The molecule has 6 heteroatoms. The van der Waals surface area contributed by atoms with Gasteiger partial charge in [0.1, 0.15) is 4.60 Å². The number of carbonyl (C=O) groups is 1. The monoisotopic (exact) mass is 355 g/mol. The smallest absolute Gasteiger partial charge is 0.222 e. The Hall–Kier alpha value is -0.620. The Morgan fingerprint density at radius 3 is 3.05 bits per heavy atom. The van der Waals surface area contributed by atoms with Crippen LogP contribution in [0.25, 0.3) is 0 Å². The van der Waals surface area contributed by atoms with Crippen LogP contribution in [-0.4, -0.2) is 41.5 Å². The highest BCUT2D eigenvalue weighted by atomic mass is 79.9. The molecule has 4 rings (SSSR count). The summed E-state index contributed by atoms with van der Waals surface area (Å²) >= 11 is 5.16. The van der Waals surface area contributed by atoms with Crippen LogP contribution in [0.3, 0.4) is 0 Å². The fraction of sp³-hybridized carbons (Fsp3) is 0.714. The lowest BCUT2D eigenvalue weighted by Crippen LogP contribution is -2.60. The van der Waals surface area contributed by atoms with Gasteiger partial charge in [0.25, 0.3) is 0 Å². The first-order valence-corrected chi connectivity index (χ1v) is 9.03. The van der Waals surface area contributed by atoms with Crippen molar-refractivity contribution in [3.63, 3.8) is 0 Å². The molecule has 4 nitrogen and oxygen atoms in total. The minimum absolute atomic E-state index is 0.390. The van der Waals surface area contributed by atoms with Crippen molar-refractivity contribution in [1.29, 1.82) is 0 Å². The number of piperidine rings is 3. The maximum absolute atomic E-state index is 12.1. The molecule has 20 heavy (non-hydrogen) atoms. The quantitative estimate of drug-likeness (QED) is 0.776. The van der Waals surface area contributed by atoms with E-state index in [0.717, 1.165) is 42.2 Å². The van der Waals surface area contributed by atoms with Crippen molar-refractivity contribution in [2.24, 2.45) is 11.8 Å². The molecule has 0 aliphatic carbocycles. The fourth-order valence-electron chi connectivity index (χ4n) is 4.16. The minimum Gasteiger partial charge on any atom is -0.347 e. The van der Waals surface area contributed by atoms with Gasteiger partial charge in [-0.3, -0.25) is 4.79 Å². The predicted molar refractivity (Wildman–Crippen MR) is 83.0 cm³/mol. The molecule has 3 aliphatic heterocycles. The molecule has 0 N–H and O–H groups in total. The van der Waals surface area contributed by atoms with Gasteiger partial charge in [-0.15, -0.1) is 11.3 Å². The van der Waals surface area contributed by atoms with Crippen molar-refractivity contribution < 1.29 is 4.79 Å². The molecule has 3 aliphatic rings. The number of hydrogen-bond acceptors (Lipinski definition) is 4. The lowest BCUT2D eigenvalue weighted by atomic mass is 9.76. The molecule has 1 amide bonds. The molecule has 3 saturated heterocycles. The van der Waals surface area contributed by atoms with Gasteiger partial charge in [-0.05, 0) is 47.0 Å². The molecule has 4 heterocycles. The fourth-order valence-corrected chi connectivity index (χ4v) is 5.43. The second-order valence-corrected chi connectivity index (χ2v) is 7.87. The van der Waals surface area contributed by atoms with E-state index in [1.165, 1.54) is 12.8 Å². The summed E-state index contributed by atoms with van der Waals surface area (Å²) in [6, 6.07) is 0.485. The van der Waals surface area contributed by atoms with Crippen molar-refractivity contribution in [2.75, 3.05) is 24.5 Å². The summed E-state index contributed by atoms with van der Waals surface area (Å²) in [5, 5.41) is 3.18. The van der Waals surface area contributed by atoms with E-state index < -0.39 is 0 Å². The average molecular weight is 356 g/mol. The number of aromatic nitrogens is 1. The van der Waals surface area contributed by atoms with Crippen LogP contribution in [0.2, 0.25) is 0 Å². The van der Waals surface area contributed by atoms with E-state index in [1.54, 1.807) is 11.3 Å². The highest BCUT2D eigenvalue weighted by molar-refractivity contribution is 9.10. The number of nitrogens with zero attached hydrogens (tertiary/aromatic N) is 3. The van der Waals surface area contributed by atoms with Crippen molar-refractivity contribution >= 4 is 38.3 Å². The Kier molecular flexibility index (Phi) is 3.26. The lowest BCUT2D eigenvalue weighted by Gasteiger charge is -2.52. The number of fused-ring (bicyclic) bond motifs is 4. The minimum atomic E-state index is 0.390. The van der Waals surface area contributed by atoms with Crippen molar-refractivity contribution in [2.45, 2.75) is 31.7 Å². The van der Waals surface area contributed by atoms with Crippen molar-refractivity contribution in [1.82, 2.24) is 9.88 Å². The Bertz CT molecular complexity index is 534. The maximum Gasteiger partial charge on any atom is 0.222 e. The number of halogens is 1. The topological polar surface area (TPSA) is 36.4 Å². The SMILES string of the molecule is O=C1CCC[C@H]2[C@@H]3C[C@@H](CN(c4nc(Br)cs4)C3)CN12. The van der Waals surface area contributed by atoms with Gasteiger partial charge in [0.2, 0.25) is 5.91 Å². The molecule has 0 saturated carbocycles. The molecule has 0 radical (unpaired) electrons. The highest BCUT2D eigenvalue weighted by Gasteiger charge is 2.44. The van der Waals surface area contributed by atoms with Gasteiger partial charge in [0, 0.05) is 37.5 Å². The van der Waals surface area contributed by atoms with Gasteiger partial charge >= 0.3 is 0 Å². The Morgan fingerprint density at radius 1 is 1.35 bits per heavy atom. The van der Waals surface area contributed by atoms with Gasteiger partial charge in [-0.2, -0.15) is 0 Å². The van der Waals surface area contributed by atoms with Gasteiger partial charge in [0.15, 0.2) is 5.13 Å². The van der Waals surface area contributed by atoms with Gasteiger partial charge < -0.3 is 9.80 Å². The maximum atomic E-state index is 12.1. The molecule has 108 valence electrons. The number of hydrogen-bond donors (Lipinski definition) is 0. The first-order valence-electron chi connectivity index (χ1n) is 7.36. The number of rotatable bonds is 1. The third-order valence-electron chi connectivity index (χ3n) is 4.91. The number of carbonyl (C=O) groups excluding carboxylic acids is 1. The summed E-state index contributed by atoms with van der Waals surface area (Å²) < 4.78 is 0.933. The van der Waals surface area contributed by atoms with Crippen LogP contribution < -0.4 is 4.90 Å². The molecule has 3 fully saturated rings. The summed E-state index contributed by atoms with van der Waals surface area (Å²) in [7, 11) is 0. The van der Waals surface area contributed by atoms with E-state index in [0.29, 0.717) is 23.8 Å². The standard InChI is InChI=1S/C14H18BrN3OS/c15-12-8-20-14(16-12)17-5-9-4-10(7-17)11-2-1-3-13(19)18(11)6-9/h8-11H,1-7H2/t9-,10+,11-/m0/s1. The van der Waals surface area contributed by atoms with Crippen molar-refractivity contribution in [3.8, 4) is 0 Å². The van der Waals surface area contributed by atoms with Gasteiger partial charge in [-0.25, -0.2) is 4.98 Å². The summed E-state index contributed by atoms with van der Waals surface area (Å²) in [4.78, 5) is 21.3. The Morgan fingerprint density at radius 2 is 2.25 bits per heavy atom. The number of anilines is 1. The van der Waals surface area contributed by atoms with Gasteiger partial charge in [-0.1, -0.05) is 0 Å². The van der Waals surface area contributed by atoms with E-state index in [-0.39, 0.29) is 0 Å². The van der Waals surface area contributed by atoms with Crippen LogP contribution in [0, 0.1) is 11.8 Å². The molecule has 2 bridgehead atoms. The van der Waals surface area contributed by atoms with Crippen LogP contribution in [0.1, 0.15) is 25.7 Å². The predicted octanol–water partition coefficient (Wildman–Crippen LogP) is 2.74. The third-order valence-corrected chi connectivity index (χ3v) is 6.53. The Labute approximate surface area is 131 Å². The first kappa shape index (κ1) is 13.1. The molecule has 1 aromatic rings. The van der Waals surface area contributed by atoms with Crippen LogP contribution in [0.15, 0.2) is 9.98 Å². The zero-order chi connectivity index (χ0) is 13.7. The molecule has 3 atom stereocenters. The van der Waals surface area contributed by atoms with E-state index in [9.17, 15) is 4.79 Å². The van der Waals surface area contributed by atoms with Crippen LogP contribution in [-0.2, 0) is 4.79 Å². The summed E-state index contributed by atoms with van der Waals surface area (Å²) in [5.74, 6) is 1.64. The average Bonchev–Trinajstić information content (AvgIpc) is 2.87. The molecule has 1 aromatic heterocycles. The zero-order valence-corrected chi connectivity index (χ0v) is 13.7. The largest absolute Gasteiger partial charge is 0.347 e. The number of amides is 1. The summed E-state index contributed by atoms with van der Waals surface area (Å²) in [6.07, 6.45) is 4.32. The Balaban J connectivity index is 1.56. The zero-order valence-electron chi connectivity index (χ0n) is 11.3. The summed E-state index contributed by atoms with van der Waals surface area (Å²) in [6.45, 7) is 3.07. The van der Waals surface area contributed by atoms with Crippen molar-refractivity contribution in [3.05, 3.63) is 9.98 Å². The second kappa shape index (κ2) is 4.98. The molecule has 0 unspecified atom stereocenters. The normalized spacial score (nSPS) is 33.2. The molecule has 0 aromatic carbocycles. The van der Waals surface area contributed by atoms with E-state index in [4.69, 9.17) is 0 Å². The summed E-state index contributed by atoms with van der Waals surface area (Å²) in [5.41, 5.74) is 0. The lowest BCUT2D eigenvalue weighted by molar-refractivity contribution is -0.142. The van der Waals surface area contributed by atoms with E-state index >= 15 is 0 Å². The van der Waals surface area contributed by atoms with Crippen LogP contribution >= 0.6 is 27.3 Å². The van der Waals surface area contributed by atoms with E-state index in [2.05, 4.69) is 36.1 Å². The van der Waals surface area contributed by atoms with E-state index in [1.807, 2.05) is 0 Å². The first-order chi connectivity index (χ1) is 9.70. The van der Waals surface area contributed by atoms with Gasteiger partial charge in [0.05, 0.1) is 0 Å². The highest BCUT2D eigenvalue weighted by Crippen LogP contribution is 2.39. The van der Waals surface area contributed by atoms with Crippen LogP contribution in [0.4, 0.5) is 5.13 Å². The molecule has 0 spiro atoms. The van der Waals surface area contributed by atoms with Crippen LogP contribution in [0.5, 0.6) is 0 Å².